The summed E-state index contributed by atoms with van der Waals surface area (Å²) in [6.07, 6.45) is 3.46. The number of para-hydroxylation sites is 1. The fraction of sp³-hybridized carbons (Fsp3) is 0.0588. The lowest BCUT2D eigenvalue weighted by molar-refractivity contribution is 0.102. The summed E-state index contributed by atoms with van der Waals surface area (Å²) in [5.41, 5.74) is 1.62. The zero-order chi connectivity index (χ0) is 16.9. The molecule has 4 nitrogen and oxygen atoms in total. The molecule has 24 heavy (non-hydrogen) atoms. The molecule has 0 aliphatic rings. The van der Waals surface area contributed by atoms with Gasteiger partial charge in [0.25, 0.3) is 11.7 Å². The molecule has 7 heteroatoms. The minimum absolute atomic E-state index is 0.328. The number of alkyl halides is 2. The van der Waals surface area contributed by atoms with Crippen LogP contribution in [0.15, 0.2) is 71.9 Å². The number of carbonyl (C=O) groups excluding carboxylic acids is 1. The second-order valence-electron chi connectivity index (χ2n) is 4.83. The number of thioether (sulfide) groups is 1. The van der Waals surface area contributed by atoms with Gasteiger partial charge in [-0.25, -0.2) is 4.68 Å². The molecule has 1 heterocycles. The van der Waals surface area contributed by atoms with Crippen LogP contribution in [0.2, 0.25) is 0 Å². The monoisotopic (exact) mass is 345 g/mol. The number of halogens is 2. The van der Waals surface area contributed by atoms with Crippen molar-refractivity contribution in [1.82, 2.24) is 9.78 Å². The number of benzene rings is 2. The molecule has 0 atom stereocenters. The van der Waals surface area contributed by atoms with Crippen molar-refractivity contribution in [2.75, 3.05) is 5.32 Å². The third-order valence-corrected chi connectivity index (χ3v) is 4.04. The van der Waals surface area contributed by atoms with Crippen LogP contribution in [0.5, 0.6) is 0 Å². The van der Waals surface area contributed by atoms with Gasteiger partial charge in [-0.1, -0.05) is 23.9 Å². The minimum atomic E-state index is -2.54. The average molecular weight is 345 g/mol. The molecule has 2 aromatic carbocycles. The number of carbonyl (C=O) groups is 1. The average Bonchev–Trinajstić information content (AvgIpc) is 3.11. The Bertz CT molecular complexity index is 820. The molecule has 0 unspecified atom stereocenters. The zero-order valence-corrected chi connectivity index (χ0v) is 13.2. The molecule has 0 aliphatic carbocycles. The number of hydrogen-bond acceptors (Lipinski definition) is 3. The Kier molecular flexibility index (Phi) is 4.90. The first kappa shape index (κ1) is 16.2. The Labute approximate surface area is 141 Å². The number of hydrogen-bond donors (Lipinski definition) is 1. The lowest BCUT2D eigenvalue weighted by Crippen LogP contribution is -2.12. The maximum atomic E-state index is 12.6. The van der Waals surface area contributed by atoms with Crippen LogP contribution in [0.1, 0.15) is 10.4 Å². The molecule has 0 saturated carbocycles. The number of nitrogens with one attached hydrogen (secondary N) is 1. The van der Waals surface area contributed by atoms with E-state index in [0.717, 1.165) is 5.69 Å². The van der Waals surface area contributed by atoms with E-state index in [9.17, 15) is 13.6 Å². The maximum Gasteiger partial charge on any atom is 0.288 e. The second kappa shape index (κ2) is 7.27. The van der Waals surface area contributed by atoms with E-state index >= 15 is 0 Å². The number of aromatic nitrogens is 2. The molecule has 122 valence electrons. The molecular formula is C17H13F2N3OS. The van der Waals surface area contributed by atoms with E-state index in [1.807, 2.05) is 0 Å². The van der Waals surface area contributed by atoms with Crippen LogP contribution in [0.25, 0.3) is 5.69 Å². The van der Waals surface area contributed by atoms with Crippen LogP contribution < -0.4 is 5.32 Å². The molecule has 0 bridgehead atoms. The third-order valence-electron chi connectivity index (χ3n) is 3.25. The topological polar surface area (TPSA) is 46.9 Å². The fourth-order valence-corrected chi connectivity index (χ4v) is 2.75. The highest BCUT2D eigenvalue weighted by atomic mass is 32.2. The maximum absolute atomic E-state index is 12.6. The highest BCUT2D eigenvalue weighted by molar-refractivity contribution is 7.99. The summed E-state index contributed by atoms with van der Waals surface area (Å²) >= 11 is 0.403. The summed E-state index contributed by atoms with van der Waals surface area (Å²) in [5.74, 6) is -2.90. The van der Waals surface area contributed by atoms with E-state index in [1.165, 1.54) is 0 Å². The number of nitrogens with zero attached hydrogens (tertiary/aromatic N) is 2. The summed E-state index contributed by atoms with van der Waals surface area (Å²) in [6.45, 7) is 0. The van der Waals surface area contributed by atoms with Crippen LogP contribution in [0.3, 0.4) is 0 Å². The van der Waals surface area contributed by atoms with Gasteiger partial charge in [0, 0.05) is 22.9 Å². The van der Waals surface area contributed by atoms with Crippen molar-refractivity contribution >= 4 is 23.4 Å². The Morgan fingerprint density at radius 2 is 1.83 bits per heavy atom. The predicted octanol–water partition coefficient (Wildman–Crippen LogP) is 4.44. The van der Waals surface area contributed by atoms with Gasteiger partial charge in [0.1, 0.15) is 0 Å². The van der Waals surface area contributed by atoms with Crippen LogP contribution in [0, 0.1) is 0 Å². The summed E-state index contributed by atoms with van der Waals surface area (Å²) in [5, 5.41) is 6.78. The fourth-order valence-electron chi connectivity index (χ4n) is 2.15. The highest BCUT2D eigenvalue weighted by Crippen LogP contribution is 2.31. The molecule has 0 radical (unpaired) electrons. The second-order valence-corrected chi connectivity index (χ2v) is 5.86. The largest absolute Gasteiger partial charge is 0.321 e. The third kappa shape index (κ3) is 3.80. The Hall–Kier alpha value is -2.67. The van der Waals surface area contributed by atoms with Gasteiger partial charge in [0.05, 0.1) is 11.4 Å². The SMILES string of the molecule is O=C(Nc1ccccc1SC(F)F)c1ccc(-n2cccn2)cc1. The molecule has 1 amide bonds. The van der Waals surface area contributed by atoms with Crippen LogP contribution >= 0.6 is 11.8 Å². The molecule has 0 spiro atoms. The van der Waals surface area contributed by atoms with Gasteiger partial charge in [0.15, 0.2) is 0 Å². The minimum Gasteiger partial charge on any atom is -0.321 e. The standard InChI is InChI=1S/C17H13F2N3OS/c18-17(19)24-15-5-2-1-4-14(15)21-16(23)12-6-8-13(9-7-12)22-11-3-10-20-22/h1-11,17H,(H,21,23). The normalized spacial score (nSPS) is 10.8. The molecular weight excluding hydrogens is 332 g/mol. The van der Waals surface area contributed by atoms with Crippen molar-refractivity contribution in [2.24, 2.45) is 0 Å². The molecule has 0 saturated heterocycles. The molecule has 0 aliphatic heterocycles. The number of rotatable bonds is 5. The van der Waals surface area contributed by atoms with Gasteiger partial charge in [-0.05, 0) is 42.5 Å². The van der Waals surface area contributed by atoms with E-state index in [4.69, 9.17) is 0 Å². The molecule has 1 aromatic heterocycles. The van der Waals surface area contributed by atoms with Crippen LogP contribution in [-0.2, 0) is 0 Å². The van der Waals surface area contributed by atoms with Gasteiger partial charge >= 0.3 is 0 Å². The van der Waals surface area contributed by atoms with Crippen molar-refractivity contribution in [3.8, 4) is 5.69 Å². The van der Waals surface area contributed by atoms with Gasteiger partial charge in [0.2, 0.25) is 0 Å². The van der Waals surface area contributed by atoms with Crippen LogP contribution in [-0.4, -0.2) is 21.4 Å². The van der Waals surface area contributed by atoms with E-state index in [-0.39, 0.29) is 5.91 Å². The van der Waals surface area contributed by atoms with Gasteiger partial charge in [-0.15, -0.1) is 0 Å². The van der Waals surface area contributed by atoms with Crippen LogP contribution in [0.4, 0.5) is 14.5 Å². The Morgan fingerprint density at radius 1 is 1.08 bits per heavy atom. The lowest BCUT2D eigenvalue weighted by Gasteiger charge is -2.10. The Balaban J connectivity index is 1.76. The lowest BCUT2D eigenvalue weighted by atomic mass is 10.2. The van der Waals surface area contributed by atoms with E-state index in [1.54, 1.807) is 71.7 Å². The quantitative estimate of drug-likeness (QED) is 0.696. The summed E-state index contributed by atoms with van der Waals surface area (Å²) in [4.78, 5) is 12.6. The van der Waals surface area contributed by atoms with Gasteiger partial charge < -0.3 is 5.32 Å². The molecule has 3 rings (SSSR count). The molecule has 1 N–H and O–H groups in total. The predicted molar refractivity (Wildman–Crippen MR) is 89.8 cm³/mol. The van der Waals surface area contributed by atoms with Crippen molar-refractivity contribution in [1.29, 1.82) is 0 Å². The van der Waals surface area contributed by atoms with Crippen molar-refractivity contribution in [3.05, 3.63) is 72.6 Å². The Morgan fingerprint density at radius 3 is 2.50 bits per heavy atom. The first-order valence-corrected chi connectivity index (χ1v) is 7.97. The summed E-state index contributed by atoms with van der Waals surface area (Å²) < 4.78 is 26.8. The number of anilines is 1. The van der Waals surface area contributed by atoms with Gasteiger partial charge in [-0.3, -0.25) is 4.79 Å². The van der Waals surface area contributed by atoms with Crippen molar-refractivity contribution in [3.63, 3.8) is 0 Å². The summed E-state index contributed by atoms with van der Waals surface area (Å²) in [6, 6.07) is 15.1. The first-order chi connectivity index (χ1) is 11.6. The van der Waals surface area contributed by atoms with E-state index in [2.05, 4.69) is 10.4 Å². The highest BCUT2D eigenvalue weighted by Gasteiger charge is 2.13. The molecule has 3 aromatic rings. The van der Waals surface area contributed by atoms with E-state index < -0.39 is 5.76 Å². The van der Waals surface area contributed by atoms with Crippen molar-refractivity contribution < 1.29 is 13.6 Å². The first-order valence-electron chi connectivity index (χ1n) is 7.09. The number of amides is 1. The van der Waals surface area contributed by atoms with Crippen molar-refractivity contribution in [2.45, 2.75) is 10.7 Å². The van der Waals surface area contributed by atoms with E-state index in [0.29, 0.717) is 27.9 Å². The molecule has 0 fully saturated rings. The smallest absolute Gasteiger partial charge is 0.288 e. The zero-order valence-electron chi connectivity index (χ0n) is 12.4. The van der Waals surface area contributed by atoms with Gasteiger partial charge in [-0.2, -0.15) is 13.9 Å². The summed E-state index contributed by atoms with van der Waals surface area (Å²) in [7, 11) is 0.